The lowest BCUT2D eigenvalue weighted by Gasteiger charge is -2.37. The predicted molar refractivity (Wildman–Crippen MR) is 126 cm³/mol. The molecule has 0 spiro atoms. The Hall–Kier alpha value is -3.95. The van der Waals surface area contributed by atoms with Crippen LogP contribution in [0.2, 0.25) is 0 Å². The van der Waals surface area contributed by atoms with Gasteiger partial charge in [-0.1, -0.05) is 12.6 Å². The fourth-order valence-corrected chi connectivity index (χ4v) is 4.43. The number of piperazine rings is 1. The van der Waals surface area contributed by atoms with Crippen LogP contribution in [0, 0.1) is 6.92 Å². The number of anilines is 1. The number of rotatable bonds is 4. The summed E-state index contributed by atoms with van der Waals surface area (Å²) in [5.74, 6) is -0.190. The van der Waals surface area contributed by atoms with E-state index in [4.69, 9.17) is 11.5 Å². The number of amides is 1. The van der Waals surface area contributed by atoms with Crippen LogP contribution in [0.5, 0.6) is 0 Å². The maximum atomic E-state index is 14.3. The monoisotopic (exact) mass is 470 g/mol. The number of nitrogen functional groups attached to an aromatic ring is 1. The number of nitrogens with one attached hydrogen (secondary N) is 1. The van der Waals surface area contributed by atoms with E-state index < -0.39 is 11.7 Å². The van der Waals surface area contributed by atoms with Gasteiger partial charge in [0.05, 0.1) is 23.0 Å². The molecule has 2 heterocycles. The molecule has 2 aromatic carbocycles. The van der Waals surface area contributed by atoms with Gasteiger partial charge in [0.15, 0.2) is 0 Å². The number of nitrogens with two attached hydrogens (primary N) is 2. The average molecular weight is 470 g/mol. The van der Waals surface area contributed by atoms with E-state index in [2.05, 4.69) is 16.8 Å². The number of aromatic amines is 1. The first-order chi connectivity index (χ1) is 16.2. The quantitative estimate of drug-likeness (QED) is 0.398. The van der Waals surface area contributed by atoms with Gasteiger partial charge in [0.25, 0.3) is 0 Å². The number of aryl methyl sites for hydroxylation is 1. The Morgan fingerprint density at radius 1 is 1.18 bits per heavy atom. The number of carbonyl (C=O) groups is 1. The molecule has 34 heavy (non-hydrogen) atoms. The molecular weight excluding hydrogens is 445 g/mol. The van der Waals surface area contributed by atoms with Gasteiger partial charge in [-0.3, -0.25) is 9.89 Å². The zero-order chi connectivity index (χ0) is 24.6. The molecule has 0 saturated carbocycles. The summed E-state index contributed by atoms with van der Waals surface area (Å²) in [4.78, 5) is 15.3. The van der Waals surface area contributed by atoms with E-state index in [0.717, 1.165) is 6.07 Å². The molecule has 1 aliphatic rings. The van der Waals surface area contributed by atoms with Gasteiger partial charge in [-0.25, -0.2) is 0 Å². The van der Waals surface area contributed by atoms with E-state index in [-0.39, 0.29) is 22.7 Å². The van der Waals surface area contributed by atoms with Crippen molar-refractivity contribution < 1.29 is 18.0 Å². The van der Waals surface area contributed by atoms with E-state index in [1.807, 2.05) is 4.90 Å². The van der Waals surface area contributed by atoms with Gasteiger partial charge < -0.3 is 21.3 Å². The second-order valence-corrected chi connectivity index (χ2v) is 8.14. The topological polar surface area (TPSA) is 104 Å². The summed E-state index contributed by atoms with van der Waals surface area (Å²) in [5, 5.41) is 7.36. The highest BCUT2D eigenvalue weighted by molar-refractivity contribution is 5.98. The summed E-state index contributed by atoms with van der Waals surface area (Å²) in [5.41, 5.74) is 13.8. The normalized spacial score (nSPS) is 15.1. The van der Waals surface area contributed by atoms with Gasteiger partial charge in [0.1, 0.15) is 0 Å². The molecule has 4 rings (SSSR count). The minimum Gasteiger partial charge on any atom is -0.403 e. The Kier molecular flexibility index (Phi) is 5.99. The molecule has 10 heteroatoms. The Morgan fingerprint density at radius 3 is 2.47 bits per heavy atom. The summed E-state index contributed by atoms with van der Waals surface area (Å²) in [6.45, 7) is 6.84. The molecule has 1 aliphatic heterocycles. The van der Waals surface area contributed by atoms with Crippen LogP contribution in [0.1, 0.15) is 16.7 Å². The minimum absolute atomic E-state index is 0.0176. The van der Waals surface area contributed by atoms with Crippen molar-refractivity contribution in [3.63, 3.8) is 0 Å². The van der Waals surface area contributed by atoms with Crippen molar-refractivity contribution in [1.82, 2.24) is 20.0 Å². The van der Waals surface area contributed by atoms with E-state index in [0.29, 0.717) is 53.9 Å². The van der Waals surface area contributed by atoms with Gasteiger partial charge >= 0.3 is 6.18 Å². The molecule has 5 N–H and O–H groups in total. The van der Waals surface area contributed by atoms with Crippen molar-refractivity contribution in [2.75, 3.05) is 31.9 Å². The molecule has 1 amide bonds. The third kappa shape index (κ3) is 4.07. The number of nitrogens with zero attached hydrogens (tertiary/aromatic N) is 3. The zero-order valence-electron chi connectivity index (χ0n) is 18.6. The number of halogens is 3. The third-order valence-corrected chi connectivity index (χ3v) is 6.14. The first kappa shape index (κ1) is 23.2. The second kappa shape index (κ2) is 8.77. The molecule has 1 saturated heterocycles. The van der Waals surface area contributed by atoms with Crippen LogP contribution in [0.4, 0.5) is 18.9 Å². The molecule has 3 aromatic rings. The molecule has 0 radical (unpaired) electrons. The zero-order valence-corrected chi connectivity index (χ0v) is 18.6. The van der Waals surface area contributed by atoms with Crippen LogP contribution in [0.25, 0.3) is 27.7 Å². The van der Waals surface area contributed by atoms with Crippen molar-refractivity contribution in [2.24, 2.45) is 5.73 Å². The summed E-state index contributed by atoms with van der Waals surface area (Å²) in [6, 6.07) is 5.93. The largest absolute Gasteiger partial charge is 0.417 e. The lowest BCUT2D eigenvalue weighted by atomic mass is 9.90. The lowest BCUT2D eigenvalue weighted by molar-refractivity contribution is -0.137. The van der Waals surface area contributed by atoms with Crippen molar-refractivity contribution in [2.45, 2.75) is 13.1 Å². The molecule has 7 nitrogen and oxygen atoms in total. The number of benzene rings is 2. The van der Waals surface area contributed by atoms with Crippen molar-refractivity contribution >= 4 is 28.2 Å². The van der Waals surface area contributed by atoms with Gasteiger partial charge in [0.2, 0.25) is 5.91 Å². The average Bonchev–Trinajstić information content (AvgIpc) is 3.28. The van der Waals surface area contributed by atoms with Crippen LogP contribution in [0.3, 0.4) is 0 Å². The molecule has 0 bridgehead atoms. The van der Waals surface area contributed by atoms with Crippen molar-refractivity contribution in [3.8, 4) is 11.1 Å². The van der Waals surface area contributed by atoms with Gasteiger partial charge in [-0.05, 0) is 47.9 Å². The van der Waals surface area contributed by atoms with Crippen molar-refractivity contribution in [1.29, 1.82) is 0 Å². The Bertz CT molecular complexity index is 1290. The number of fused-ring (bicyclic) bond motifs is 1. The SMILES string of the molecule is C=CC(=O)N1CCN(/C(=C/N)c2cc(C(F)(F)F)c(-c3c(C)ccc4[nH]ncc34)cc2N)CC1. The Balaban J connectivity index is 1.80. The van der Waals surface area contributed by atoms with E-state index >= 15 is 0 Å². The maximum absolute atomic E-state index is 14.3. The predicted octanol–water partition coefficient (Wildman–Crippen LogP) is 3.73. The molecule has 178 valence electrons. The van der Waals surface area contributed by atoms with Crippen molar-refractivity contribution in [3.05, 3.63) is 66.0 Å². The lowest BCUT2D eigenvalue weighted by Crippen LogP contribution is -2.47. The van der Waals surface area contributed by atoms with Crippen LogP contribution in [-0.2, 0) is 11.0 Å². The first-order valence-corrected chi connectivity index (χ1v) is 10.7. The Morgan fingerprint density at radius 2 is 1.85 bits per heavy atom. The number of H-pyrrole nitrogens is 1. The fraction of sp³-hybridized carbons (Fsp3) is 0.250. The van der Waals surface area contributed by atoms with E-state index in [9.17, 15) is 18.0 Å². The van der Waals surface area contributed by atoms with Crippen LogP contribution in [-0.4, -0.2) is 52.1 Å². The number of carbonyl (C=O) groups excluding carboxylic acids is 1. The minimum atomic E-state index is -4.63. The van der Waals surface area contributed by atoms with Gasteiger partial charge in [0, 0.05) is 49.0 Å². The second-order valence-electron chi connectivity index (χ2n) is 8.14. The molecule has 0 atom stereocenters. The van der Waals surface area contributed by atoms with Crippen LogP contribution in [0.15, 0.2) is 49.3 Å². The molecule has 0 aliphatic carbocycles. The highest BCUT2D eigenvalue weighted by Crippen LogP contribution is 2.44. The highest BCUT2D eigenvalue weighted by atomic mass is 19.4. The smallest absolute Gasteiger partial charge is 0.403 e. The summed E-state index contributed by atoms with van der Waals surface area (Å²) < 4.78 is 42.9. The van der Waals surface area contributed by atoms with Gasteiger partial charge in [-0.2, -0.15) is 18.3 Å². The van der Waals surface area contributed by atoms with E-state index in [1.165, 1.54) is 24.5 Å². The Labute approximate surface area is 194 Å². The van der Waals surface area contributed by atoms with Gasteiger partial charge in [-0.15, -0.1) is 0 Å². The number of hydrogen-bond donors (Lipinski definition) is 3. The molecular formula is C24H25F3N6O. The summed E-state index contributed by atoms with van der Waals surface area (Å²) in [6.07, 6.45) is -0.620. The fourth-order valence-electron chi connectivity index (χ4n) is 4.43. The summed E-state index contributed by atoms with van der Waals surface area (Å²) >= 11 is 0. The van der Waals surface area contributed by atoms with Crippen LogP contribution >= 0.6 is 0 Å². The number of alkyl halides is 3. The number of hydrogen-bond acceptors (Lipinski definition) is 5. The van der Waals surface area contributed by atoms with Crippen LogP contribution < -0.4 is 11.5 Å². The first-order valence-electron chi connectivity index (χ1n) is 10.7. The summed E-state index contributed by atoms with van der Waals surface area (Å²) in [7, 11) is 0. The maximum Gasteiger partial charge on any atom is 0.417 e. The molecule has 1 aromatic heterocycles. The molecule has 1 fully saturated rings. The molecule has 0 unspecified atom stereocenters. The standard InChI is InChI=1S/C24H25F3N6O/c1-3-22(34)33-8-6-32(7-9-33)21(12-28)16-10-18(24(25,26)27)15(11-19(16)29)23-14(2)4-5-20-17(23)13-30-31-20/h3-5,10-13H,1,6-9,28-29H2,2H3,(H,30,31)/b21-12+. The van der Waals surface area contributed by atoms with E-state index in [1.54, 1.807) is 24.0 Å². The number of aromatic nitrogens is 2. The highest BCUT2D eigenvalue weighted by Gasteiger charge is 2.36. The third-order valence-electron chi connectivity index (χ3n) is 6.14.